The van der Waals surface area contributed by atoms with Crippen LogP contribution in [0.25, 0.3) is 0 Å². The van der Waals surface area contributed by atoms with Gasteiger partial charge in [-0.2, -0.15) is 0 Å². The number of aliphatic hydroxyl groups excluding tert-OH is 1. The van der Waals surface area contributed by atoms with Crippen molar-refractivity contribution in [1.82, 2.24) is 10.2 Å². The fraction of sp³-hybridized carbons (Fsp3) is 0.364. The van der Waals surface area contributed by atoms with Crippen molar-refractivity contribution in [2.24, 2.45) is 0 Å². The van der Waals surface area contributed by atoms with E-state index in [9.17, 15) is 19.1 Å². The molecule has 2 aromatic rings. The molecule has 6 nitrogen and oxygen atoms in total. The monoisotopic (exact) mass is 397 g/mol. The predicted molar refractivity (Wildman–Crippen MR) is 107 cm³/mol. The molecule has 2 heterocycles. The van der Waals surface area contributed by atoms with E-state index in [0.717, 1.165) is 17.7 Å². The van der Waals surface area contributed by atoms with E-state index in [2.05, 4.69) is 5.32 Å². The van der Waals surface area contributed by atoms with Gasteiger partial charge in [-0.25, -0.2) is 9.18 Å². The van der Waals surface area contributed by atoms with E-state index < -0.39 is 5.82 Å². The van der Waals surface area contributed by atoms with E-state index in [4.69, 9.17) is 0 Å². The molecular formula is C22H24FN3O3. The van der Waals surface area contributed by atoms with Crippen molar-refractivity contribution in [2.75, 3.05) is 24.6 Å². The van der Waals surface area contributed by atoms with Gasteiger partial charge in [0.05, 0.1) is 18.7 Å². The molecule has 29 heavy (non-hydrogen) atoms. The zero-order chi connectivity index (χ0) is 20.5. The summed E-state index contributed by atoms with van der Waals surface area (Å²) in [5.74, 6) is -0.665. The van der Waals surface area contributed by atoms with Crippen molar-refractivity contribution in [1.29, 1.82) is 0 Å². The first-order valence-electron chi connectivity index (χ1n) is 9.90. The number of fused-ring (bicyclic) bond motifs is 3. The van der Waals surface area contributed by atoms with E-state index in [0.29, 0.717) is 18.7 Å². The van der Waals surface area contributed by atoms with E-state index in [1.807, 2.05) is 31.2 Å². The van der Waals surface area contributed by atoms with Crippen molar-refractivity contribution < 1.29 is 19.1 Å². The second-order valence-electron chi connectivity index (χ2n) is 7.46. The number of nitrogens with zero attached hydrogens (tertiary/aromatic N) is 2. The molecule has 2 aromatic carbocycles. The minimum absolute atomic E-state index is 0.0270. The lowest BCUT2D eigenvalue weighted by Gasteiger charge is -2.58. The van der Waals surface area contributed by atoms with E-state index in [1.54, 1.807) is 9.80 Å². The fourth-order valence-corrected chi connectivity index (χ4v) is 4.43. The van der Waals surface area contributed by atoms with Crippen LogP contribution < -0.4 is 10.2 Å². The van der Waals surface area contributed by atoms with Crippen LogP contribution >= 0.6 is 0 Å². The molecule has 0 radical (unpaired) electrons. The highest BCUT2D eigenvalue weighted by Gasteiger charge is 2.55. The van der Waals surface area contributed by atoms with Crippen molar-refractivity contribution in [2.45, 2.75) is 31.3 Å². The van der Waals surface area contributed by atoms with Crippen LogP contribution in [-0.2, 0) is 0 Å². The van der Waals surface area contributed by atoms with Gasteiger partial charge in [0.2, 0.25) is 0 Å². The number of carbonyl (C=O) groups excluding carboxylic acids is 2. The first kappa shape index (κ1) is 19.4. The Bertz CT molecular complexity index is 918. The summed E-state index contributed by atoms with van der Waals surface area (Å²) >= 11 is 0. The minimum Gasteiger partial charge on any atom is -0.394 e. The quantitative estimate of drug-likeness (QED) is 0.833. The maximum Gasteiger partial charge on any atom is 0.318 e. The molecule has 152 valence electrons. The van der Waals surface area contributed by atoms with E-state index in [-0.39, 0.29) is 36.5 Å². The summed E-state index contributed by atoms with van der Waals surface area (Å²) in [4.78, 5) is 29.2. The highest BCUT2D eigenvalue weighted by atomic mass is 19.1. The van der Waals surface area contributed by atoms with Crippen LogP contribution in [0.15, 0.2) is 48.5 Å². The molecule has 2 aliphatic heterocycles. The van der Waals surface area contributed by atoms with Crippen LogP contribution in [-0.4, -0.2) is 53.7 Å². The van der Waals surface area contributed by atoms with Crippen molar-refractivity contribution >= 4 is 17.6 Å². The first-order valence-corrected chi connectivity index (χ1v) is 9.90. The number of hydrogen-bond acceptors (Lipinski definition) is 3. The second kappa shape index (κ2) is 7.83. The van der Waals surface area contributed by atoms with Gasteiger partial charge in [-0.3, -0.25) is 4.79 Å². The highest BCUT2D eigenvalue weighted by Crippen LogP contribution is 2.48. The number of halogens is 1. The standard InChI is InChI=1S/C22H24FN3O3/c1-2-11-24-22(29)26-18-12-25(21(28)14-7-9-15(23)10-8-14)17-6-4-3-5-16(17)20(18)19(26)13-27/h3-10,18-20,27H,2,11-13H2,1H3,(H,24,29)/t18-,19+,20+/m1/s1. The number of urea groups is 1. The van der Waals surface area contributed by atoms with Crippen molar-refractivity contribution in [3.63, 3.8) is 0 Å². The number of benzene rings is 2. The van der Waals surface area contributed by atoms with Crippen LogP contribution in [0.2, 0.25) is 0 Å². The summed E-state index contributed by atoms with van der Waals surface area (Å²) in [7, 11) is 0. The third-order valence-electron chi connectivity index (χ3n) is 5.78. The Hall–Kier alpha value is -2.93. The molecule has 0 aliphatic carbocycles. The number of hydrogen-bond donors (Lipinski definition) is 2. The molecule has 4 rings (SSSR count). The molecular weight excluding hydrogens is 373 g/mol. The summed E-state index contributed by atoms with van der Waals surface area (Å²) in [5, 5.41) is 12.8. The molecule has 2 aliphatic rings. The van der Waals surface area contributed by atoms with Crippen LogP contribution in [0, 0.1) is 5.82 Å². The minimum atomic E-state index is -0.399. The number of nitrogens with one attached hydrogen (secondary N) is 1. The zero-order valence-electron chi connectivity index (χ0n) is 16.2. The van der Waals surface area contributed by atoms with Gasteiger partial charge in [-0.05, 0) is 42.3 Å². The number of likely N-dealkylation sites (tertiary alicyclic amines) is 1. The lowest BCUT2D eigenvalue weighted by molar-refractivity contribution is -0.00750. The molecule has 1 fully saturated rings. The maximum absolute atomic E-state index is 13.3. The third-order valence-corrected chi connectivity index (χ3v) is 5.78. The molecule has 0 bridgehead atoms. The van der Waals surface area contributed by atoms with Gasteiger partial charge in [0.25, 0.3) is 5.91 Å². The Morgan fingerprint density at radius 3 is 2.59 bits per heavy atom. The number of rotatable bonds is 4. The Kier molecular flexibility index (Phi) is 5.24. The van der Waals surface area contributed by atoms with Crippen LogP contribution in [0.4, 0.5) is 14.9 Å². The summed E-state index contributed by atoms with van der Waals surface area (Å²) in [6.07, 6.45) is 0.815. The number of anilines is 1. The number of aliphatic hydroxyl groups is 1. The molecule has 0 aromatic heterocycles. The summed E-state index contributed by atoms with van der Waals surface area (Å²) in [6, 6.07) is 12.3. The number of carbonyl (C=O) groups is 2. The highest BCUT2D eigenvalue weighted by molar-refractivity contribution is 6.07. The van der Waals surface area contributed by atoms with Crippen LogP contribution in [0.5, 0.6) is 0 Å². The molecule has 7 heteroatoms. The Balaban J connectivity index is 1.68. The average molecular weight is 397 g/mol. The predicted octanol–water partition coefficient (Wildman–Crippen LogP) is 2.73. The summed E-state index contributed by atoms with van der Waals surface area (Å²) < 4.78 is 13.3. The van der Waals surface area contributed by atoms with E-state index >= 15 is 0 Å². The van der Waals surface area contributed by atoms with E-state index in [1.165, 1.54) is 24.3 Å². The van der Waals surface area contributed by atoms with Crippen molar-refractivity contribution in [3.8, 4) is 0 Å². The molecule has 3 amide bonds. The molecule has 0 saturated carbocycles. The number of para-hydroxylation sites is 1. The third kappa shape index (κ3) is 3.25. The second-order valence-corrected chi connectivity index (χ2v) is 7.46. The zero-order valence-corrected chi connectivity index (χ0v) is 16.2. The summed E-state index contributed by atoms with van der Waals surface area (Å²) in [5.41, 5.74) is 2.10. The largest absolute Gasteiger partial charge is 0.394 e. The number of amides is 3. The van der Waals surface area contributed by atoms with Gasteiger partial charge >= 0.3 is 6.03 Å². The van der Waals surface area contributed by atoms with Gasteiger partial charge in [0.15, 0.2) is 0 Å². The Labute approximate surface area is 168 Å². The lowest BCUT2D eigenvalue weighted by Crippen LogP contribution is -2.72. The van der Waals surface area contributed by atoms with Crippen LogP contribution in [0.1, 0.15) is 35.2 Å². The first-order chi connectivity index (χ1) is 14.1. The molecule has 0 unspecified atom stereocenters. The van der Waals surface area contributed by atoms with Crippen LogP contribution in [0.3, 0.4) is 0 Å². The fourth-order valence-electron chi connectivity index (χ4n) is 4.43. The van der Waals surface area contributed by atoms with Gasteiger partial charge in [0.1, 0.15) is 5.82 Å². The Morgan fingerprint density at radius 1 is 1.17 bits per heavy atom. The topological polar surface area (TPSA) is 72.9 Å². The van der Waals surface area contributed by atoms with Gasteiger partial charge in [-0.15, -0.1) is 0 Å². The smallest absolute Gasteiger partial charge is 0.318 e. The molecule has 3 atom stereocenters. The van der Waals surface area contributed by atoms with Gasteiger partial charge < -0.3 is 20.2 Å². The molecule has 2 N–H and O–H groups in total. The van der Waals surface area contributed by atoms with Crippen molar-refractivity contribution in [3.05, 3.63) is 65.5 Å². The molecule has 1 saturated heterocycles. The van der Waals surface area contributed by atoms with Gasteiger partial charge in [-0.1, -0.05) is 25.1 Å². The normalized spacial score (nSPS) is 22.4. The maximum atomic E-state index is 13.3. The average Bonchev–Trinajstić information content (AvgIpc) is 2.72. The van der Waals surface area contributed by atoms with Gasteiger partial charge in [0, 0.05) is 30.3 Å². The summed E-state index contributed by atoms with van der Waals surface area (Å²) in [6.45, 7) is 2.72. The molecule has 0 spiro atoms. The Morgan fingerprint density at radius 2 is 1.90 bits per heavy atom. The lowest BCUT2D eigenvalue weighted by atomic mass is 9.72. The SMILES string of the molecule is CCCNC(=O)N1[C@@H]2CN(C(=O)c3ccc(F)cc3)c3ccccc3[C@@H]2[C@@H]1CO.